The molecule has 8 nitrogen and oxygen atoms in total. The molecule has 0 radical (unpaired) electrons. The molecule has 31 heavy (non-hydrogen) atoms. The topological polar surface area (TPSA) is 87.2 Å². The third-order valence-electron chi connectivity index (χ3n) is 5.27. The minimum atomic E-state index is -3.62. The largest absolute Gasteiger partial charge is 0.497 e. The van der Waals surface area contributed by atoms with E-state index >= 15 is 0 Å². The number of hydrogen-bond acceptors (Lipinski definition) is 5. The minimum absolute atomic E-state index is 0.000532. The van der Waals surface area contributed by atoms with Crippen LogP contribution in [0.25, 0.3) is 0 Å². The predicted molar refractivity (Wildman–Crippen MR) is 116 cm³/mol. The number of benzene rings is 2. The Morgan fingerprint density at radius 2 is 1.61 bits per heavy atom. The zero-order chi connectivity index (χ0) is 22.6. The molecule has 0 N–H and O–H groups in total. The highest BCUT2D eigenvalue weighted by Gasteiger charge is 2.26. The Kier molecular flexibility index (Phi) is 6.97. The third kappa shape index (κ3) is 5.23. The fourth-order valence-corrected chi connectivity index (χ4v) is 4.36. The molecule has 0 unspecified atom stereocenters. The van der Waals surface area contributed by atoms with E-state index in [9.17, 15) is 18.0 Å². The molecule has 0 atom stereocenters. The van der Waals surface area contributed by atoms with E-state index in [0.717, 1.165) is 9.87 Å². The van der Waals surface area contributed by atoms with Crippen LogP contribution in [0.15, 0.2) is 53.4 Å². The van der Waals surface area contributed by atoms with Crippen molar-refractivity contribution < 1.29 is 22.7 Å². The smallest absolute Gasteiger partial charge is 0.254 e. The summed E-state index contributed by atoms with van der Waals surface area (Å²) in [6.45, 7) is 1.66. The van der Waals surface area contributed by atoms with E-state index in [4.69, 9.17) is 4.74 Å². The maximum atomic E-state index is 12.9. The van der Waals surface area contributed by atoms with Crippen molar-refractivity contribution in [2.24, 2.45) is 0 Å². The van der Waals surface area contributed by atoms with E-state index in [2.05, 4.69) is 0 Å². The average Bonchev–Trinajstić information content (AvgIpc) is 2.78. The van der Waals surface area contributed by atoms with E-state index in [1.54, 1.807) is 29.0 Å². The van der Waals surface area contributed by atoms with E-state index in [1.165, 1.54) is 26.2 Å². The van der Waals surface area contributed by atoms with Gasteiger partial charge >= 0.3 is 0 Å². The van der Waals surface area contributed by atoms with Gasteiger partial charge in [0, 0.05) is 45.8 Å². The molecule has 0 bridgehead atoms. The lowest BCUT2D eigenvalue weighted by molar-refractivity contribution is -0.131. The minimum Gasteiger partial charge on any atom is -0.497 e. The van der Waals surface area contributed by atoms with Gasteiger partial charge in [-0.25, -0.2) is 12.7 Å². The highest BCUT2D eigenvalue weighted by Crippen LogP contribution is 2.18. The Morgan fingerprint density at radius 3 is 2.26 bits per heavy atom. The number of carbonyl (C=O) groups excluding carboxylic acids is 2. The Morgan fingerprint density at radius 1 is 0.968 bits per heavy atom. The summed E-state index contributed by atoms with van der Waals surface area (Å²) in [6, 6.07) is 13.5. The van der Waals surface area contributed by atoms with Crippen LogP contribution >= 0.6 is 0 Å². The van der Waals surface area contributed by atoms with Crippen molar-refractivity contribution in [2.45, 2.75) is 11.3 Å². The lowest BCUT2D eigenvalue weighted by atomic mass is 10.1. The zero-order valence-corrected chi connectivity index (χ0v) is 18.8. The van der Waals surface area contributed by atoms with E-state index in [1.807, 2.05) is 24.3 Å². The van der Waals surface area contributed by atoms with Gasteiger partial charge in [0.25, 0.3) is 5.91 Å². The number of ether oxygens (including phenoxy) is 1. The number of rotatable bonds is 6. The van der Waals surface area contributed by atoms with Crippen molar-refractivity contribution in [3.05, 3.63) is 59.7 Å². The second-order valence-electron chi connectivity index (χ2n) is 7.52. The van der Waals surface area contributed by atoms with Gasteiger partial charge in [0.1, 0.15) is 5.75 Å². The van der Waals surface area contributed by atoms with Gasteiger partial charge in [0.2, 0.25) is 15.9 Å². The predicted octanol–water partition coefficient (Wildman–Crippen LogP) is 1.47. The van der Waals surface area contributed by atoms with Crippen molar-refractivity contribution in [1.82, 2.24) is 14.1 Å². The molecule has 2 amide bonds. The van der Waals surface area contributed by atoms with Crippen LogP contribution in [0, 0.1) is 0 Å². The molecule has 1 aliphatic heterocycles. The second kappa shape index (κ2) is 9.49. The Bertz CT molecular complexity index is 1060. The second-order valence-corrected chi connectivity index (χ2v) is 9.67. The number of carbonyl (C=O) groups is 2. The molecule has 1 aliphatic rings. The normalized spacial score (nSPS) is 14.6. The van der Waals surface area contributed by atoms with Gasteiger partial charge in [-0.1, -0.05) is 18.2 Å². The van der Waals surface area contributed by atoms with Gasteiger partial charge in [-0.3, -0.25) is 9.59 Å². The maximum Gasteiger partial charge on any atom is 0.254 e. The lowest BCUT2D eigenvalue weighted by Crippen LogP contribution is -2.51. The standard InChI is InChI=1S/C22H27N3O5S/c1-23(2)31(28,29)20-9-5-7-18(16-20)22(27)25-12-10-24(11-13-25)21(26)15-17-6-4-8-19(14-17)30-3/h4-9,14,16H,10-13,15H2,1-3H3. The fraction of sp³-hybridized carbons (Fsp3) is 0.364. The van der Waals surface area contributed by atoms with Crippen LogP contribution in [0.1, 0.15) is 15.9 Å². The van der Waals surface area contributed by atoms with Gasteiger partial charge in [0.15, 0.2) is 0 Å². The first-order chi connectivity index (χ1) is 14.7. The van der Waals surface area contributed by atoms with E-state index in [0.29, 0.717) is 37.5 Å². The monoisotopic (exact) mass is 445 g/mol. The molecule has 3 rings (SSSR count). The molecule has 1 saturated heterocycles. The summed E-state index contributed by atoms with van der Waals surface area (Å²) >= 11 is 0. The quantitative estimate of drug-likeness (QED) is 0.672. The van der Waals surface area contributed by atoms with Crippen molar-refractivity contribution >= 4 is 21.8 Å². The van der Waals surface area contributed by atoms with Gasteiger partial charge in [0.05, 0.1) is 18.4 Å². The fourth-order valence-electron chi connectivity index (χ4n) is 3.41. The Hall–Kier alpha value is -2.91. The summed E-state index contributed by atoms with van der Waals surface area (Å²) in [6.07, 6.45) is 0.273. The molecule has 1 heterocycles. The summed E-state index contributed by atoms with van der Waals surface area (Å²) in [4.78, 5) is 29.0. The molecule has 0 spiro atoms. The van der Waals surface area contributed by atoms with Gasteiger partial charge in [-0.2, -0.15) is 0 Å². The van der Waals surface area contributed by atoms with Crippen molar-refractivity contribution in [1.29, 1.82) is 0 Å². The van der Waals surface area contributed by atoms with Crippen molar-refractivity contribution in [2.75, 3.05) is 47.4 Å². The van der Waals surface area contributed by atoms with Gasteiger partial charge < -0.3 is 14.5 Å². The van der Waals surface area contributed by atoms with E-state index < -0.39 is 10.0 Å². The highest BCUT2D eigenvalue weighted by atomic mass is 32.2. The molecule has 0 aliphatic carbocycles. The first kappa shape index (κ1) is 22.8. The van der Waals surface area contributed by atoms with Gasteiger partial charge in [-0.15, -0.1) is 0 Å². The number of piperazine rings is 1. The summed E-state index contributed by atoms with van der Waals surface area (Å²) in [5, 5.41) is 0. The molecule has 9 heteroatoms. The summed E-state index contributed by atoms with van der Waals surface area (Å²) in [5.41, 5.74) is 1.20. The number of amides is 2. The molecule has 2 aromatic carbocycles. The lowest BCUT2D eigenvalue weighted by Gasteiger charge is -2.35. The van der Waals surface area contributed by atoms with Crippen LogP contribution in [-0.4, -0.2) is 81.7 Å². The first-order valence-corrected chi connectivity index (χ1v) is 11.4. The Balaban J connectivity index is 1.61. The molecule has 1 fully saturated rings. The molecule has 0 aromatic heterocycles. The van der Waals surface area contributed by atoms with Crippen LogP contribution in [0.2, 0.25) is 0 Å². The zero-order valence-electron chi connectivity index (χ0n) is 17.9. The molecular formula is C22H27N3O5S. The van der Waals surface area contributed by atoms with Crippen molar-refractivity contribution in [3.63, 3.8) is 0 Å². The van der Waals surface area contributed by atoms with Crippen LogP contribution in [-0.2, 0) is 21.2 Å². The van der Waals surface area contributed by atoms with Crippen LogP contribution < -0.4 is 4.74 Å². The highest BCUT2D eigenvalue weighted by molar-refractivity contribution is 7.89. The van der Waals surface area contributed by atoms with E-state index in [-0.39, 0.29) is 23.1 Å². The van der Waals surface area contributed by atoms with Gasteiger partial charge in [-0.05, 0) is 35.9 Å². The number of hydrogen-bond donors (Lipinski definition) is 0. The average molecular weight is 446 g/mol. The molecule has 0 saturated carbocycles. The first-order valence-electron chi connectivity index (χ1n) is 9.95. The Labute approximate surface area is 183 Å². The van der Waals surface area contributed by atoms with Crippen molar-refractivity contribution in [3.8, 4) is 5.75 Å². The summed E-state index contributed by atoms with van der Waals surface area (Å²) < 4.78 is 31.0. The number of methoxy groups -OCH3 is 1. The number of sulfonamides is 1. The SMILES string of the molecule is COc1cccc(CC(=O)N2CCN(C(=O)c3cccc(S(=O)(=O)N(C)C)c3)CC2)c1. The van der Waals surface area contributed by atoms with Crippen LogP contribution in [0.3, 0.4) is 0 Å². The number of nitrogens with zero attached hydrogens (tertiary/aromatic N) is 3. The van der Waals surface area contributed by atoms with Crippen LogP contribution in [0.4, 0.5) is 0 Å². The summed E-state index contributed by atoms with van der Waals surface area (Å²) in [7, 11) is 0.868. The molecule has 166 valence electrons. The summed E-state index contributed by atoms with van der Waals surface area (Å²) in [5.74, 6) is 0.467. The maximum absolute atomic E-state index is 12.9. The third-order valence-corrected chi connectivity index (χ3v) is 7.08. The van der Waals surface area contributed by atoms with Crippen LogP contribution in [0.5, 0.6) is 5.75 Å². The molecule has 2 aromatic rings. The molecular weight excluding hydrogens is 418 g/mol.